The number of nitrogens with zero attached hydrogens (tertiary/aromatic N) is 2. The van der Waals surface area contributed by atoms with Gasteiger partial charge in [-0.25, -0.2) is 13.2 Å². The molecule has 1 amide bonds. The predicted octanol–water partition coefficient (Wildman–Crippen LogP) is -1.38. The minimum absolute atomic E-state index is 0.0767. The fourth-order valence-electron chi connectivity index (χ4n) is 1.83. The van der Waals surface area contributed by atoms with Gasteiger partial charge in [0.1, 0.15) is 11.6 Å². The fourth-order valence-corrected chi connectivity index (χ4v) is 3.49. The Bertz CT molecular complexity index is 622. The van der Waals surface area contributed by atoms with E-state index in [1.165, 1.54) is 6.92 Å². The number of amides is 1. The number of carbonyl (C=O) groups excluding carboxylic acids is 1. The van der Waals surface area contributed by atoms with E-state index in [4.69, 9.17) is 5.11 Å². The molecular formula is C9H12N4O5S. The highest BCUT2D eigenvalue weighted by atomic mass is 32.2. The molecule has 10 heteroatoms. The van der Waals surface area contributed by atoms with Crippen molar-refractivity contribution >= 4 is 21.9 Å². The number of aromatic carboxylic acids is 1. The van der Waals surface area contributed by atoms with Gasteiger partial charge < -0.3 is 10.4 Å². The van der Waals surface area contributed by atoms with Crippen molar-refractivity contribution in [2.75, 3.05) is 13.1 Å². The SMILES string of the molecule is CC1C(=O)NCCN1S(=O)(=O)c1[nH]ncc1C(=O)O. The Morgan fingerprint density at radius 1 is 1.58 bits per heavy atom. The minimum Gasteiger partial charge on any atom is -0.478 e. The second-order valence-corrected chi connectivity index (χ2v) is 5.83. The summed E-state index contributed by atoms with van der Waals surface area (Å²) >= 11 is 0. The Labute approximate surface area is 108 Å². The number of hydrogen-bond donors (Lipinski definition) is 3. The summed E-state index contributed by atoms with van der Waals surface area (Å²) in [6.07, 6.45) is 0.921. The van der Waals surface area contributed by atoms with Gasteiger partial charge in [-0.1, -0.05) is 0 Å². The van der Waals surface area contributed by atoms with E-state index < -0.39 is 38.5 Å². The predicted molar refractivity (Wildman–Crippen MR) is 61.9 cm³/mol. The third kappa shape index (κ3) is 2.19. The number of nitrogens with one attached hydrogen (secondary N) is 2. The summed E-state index contributed by atoms with van der Waals surface area (Å²) < 4.78 is 25.6. The molecule has 9 nitrogen and oxygen atoms in total. The van der Waals surface area contributed by atoms with E-state index in [0.29, 0.717) is 0 Å². The van der Waals surface area contributed by atoms with Crippen LogP contribution in [0.3, 0.4) is 0 Å². The first-order valence-electron chi connectivity index (χ1n) is 5.42. The maximum atomic E-state index is 12.3. The molecule has 0 aliphatic carbocycles. The molecular weight excluding hydrogens is 276 g/mol. The van der Waals surface area contributed by atoms with Crippen LogP contribution in [0.4, 0.5) is 0 Å². The molecule has 1 fully saturated rings. The van der Waals surface area contributed by atoms with E-state index in [1.54, 1.807) is 0 Å². The highest BCUT2D eigenvalue weighted by Gasteiger charge is 2.38. The number of hydrogen-bond acceptors (Lipinski definition) is 5. The normalized spacial score (nSPS) is 21.1. The number of aromatic amines is 1. The summed E-state index contributed by atoms with van der Waals surface area (Å²) in [7, 11) is -4.10. The van der Waals surface area contributed by atoms with Gasteiger partial charge in [-0.2, -0.15) is 9.40 Å². The lowest BCUT2D eigenvalue weighted by Crippen LogP contribution is -2.55. The summed E-state index contributed by atoms with van der Waals surface area (Å²) in [6, 6.07) is -0.899. The largest absolute Gasteiger partial charge is 0.478 e. The molecule has 0 aromatic carbocycles. The van der Waals surface area contributed by atoms with Crippen LogP contribution in [-0.4, -0.2) is 59.0 Å². The van der Waals surface area contributed by atoms with E-state index in [2.05, 4.69) is 15.5 Å². The zero-order chi connectivity index (χ0) is 14.2. The van der Waals surface area contributed by atoms with Gasteiger partial charge in [0.15, 0.2) is 5.03 Å². The molecule has 1 unspecified atom stereocenters. The van der Waals surface area contributed by atoms with Crippen molar-refractivity contribution in [1.29, 1.82) is 0 Å². The monoisotopic (exact) mass is 288 g/mol. The van der Waals surface area contributed by atoms with Crippen molar-refractivity contribution in [2.24, 2.45) is 0 Å². The van der Waals surface area contributed by atoms with Crippen molar-refractivity contribution in [3.05, 3.63) is 11.8 Å². The maximum absolute atomic E-state index is 12.3. The Morgan fingerprint density at radius 3 is 2.89 bits per heavy atom. The molecule has 1 aromatic rings. The van der Waals surface area contributed by atoms with Crippen molar-refractivity contribution < 1.29 is 23.1 Å². The van der Waals surface area contributed by atoms with E-state index in [1.807, 2.05) is 0 Å². The molecule has 3 N–H and O–H groups in total. The number of rotatable bonds is 3. The summed E-state index contributed by atoms with van der Waals surface area (Å²) in [6.45, 7) is 1.69. The van der Waals surface area contributed by atoms with Crippen LogP contribution < -0.4 is 5.32 Å². The maximum Gasteiger partial charge on any atom is 0.340 e. The molecule has 1 aliphatic heterocycles. The van der Waals surface area contributed by atoms with Gasteiger partial charge in [0.05, 0.1) is 6.20 Å². The van der Waals surface area contributed by atoms with Crippen LogP contribution in [0, 0.1) is 0 Å². The smallest absolute Gasteiger partial charge is 0.340 e. The Morgan fingerprint density at radius 2 is 2.26 bits per heavy atom. The number of carboxylic acids is 1. The van der Waals surface area contributed by atoms with Gasteiger partial charge in [-0.05, 0) is 6.92 Å². The number of aromatic nitrogens is 2. The minimum atomic E-state index is -4.10. The number of carbonyl (C=O) groups is 2. The highest BCUT2D eigenvalue weighted by Crippen LogP contribution is 2.20. The van der Waals surface area contributed by atoms with Crippen LogP contribution in [0.2, 0.25) is 0 Å². The molecule has 0 spiro atoms. The molecule has 0 saturated carbocycles. The van der Waals surface area contributed by atoms with Crippen LogP contribution >= 0.6 is 0 Å². The Balaban J connectivity index is 2.45. The first-order chi connectivity index (χ1) is 8.85. The lowest BCUT2D eigenvalue weighted by molar-refractivity contribution is -0.126. The first kappa shape index (κ1) is 13.5. The third-order valence-electron chi connectivity index (χ3n) is 2.84. The molecule has 1 aromatic heterocycles. The lowest BCUT2D eigenvalue weighted by atomic mass is 10.2. The second kappa shape index (κ2) is 4.63. The highest BCUT2D eigenvalue weighted by molar-refractivity contribution is 7.89. The van der Waals surface area contributed by atoms with Gasteiger partial charge in [-0.3, -0.25) is 9.89 Å². The van der Waals surface area contributed by atoms with Crippen molar-refractivity contribution in [3.8, 4) is 0 Å². The van der Waals surface area contributed by atoms with Crippen LogP contribution in [0.1, 0.15) is 17.3 Å². The van der Waals surface area contributed by atoms with Gasteiger partial charge in [-0.15, -0.1) is 0 Å². The van der Waals surface area contributed by atoms with Crippen LogP contribution in [0.25, 0.3) is 0 Å². The van der Waals surface area contributed by atoms with Crippen molar-refractivity contribution in [3.63, 3.8) is 0 Å². The molecule has 0 radical (unpaired) electrons. The number of piperazine rings is 1. The molecule has 19 heavy (non-hydrogen) atoms. The van der Waals surface area contributed by atoms with Crippen molar-refractivity contribution in [2.45, 2.75) is 18.0 Å². The third-order valence-corrected chi connectivity index (χ3v) is 4.79. The van der Waals surface area contributed by atoms with Crippen LogP contribution in [0.5, 0.6) is 0 Å². The van der Waals surface area contributed by atoms with Crippen LogP contribution in [0.15, 0.2) is 11.2 Å². The van der Waals surface area contributed by atoms with Crippen molar-refractivity contribution in [1.82, 2.24) is 19.8 Å². The molecule has 0 bridgehead atoms. The van der Waals surface area contributed by atoms with Crippen LogP contribution in [-0.2, 0) is 14.8 Å². The summed E-state index contributed by atoms with van der Waals surface area (Å²) in [5.74, 6) is -1.83. The van der Waals surface area contributed by atoms with Gasteiger partial charge in [0.2, 0.25) is 5.91 Å². The second-order valence-electron chi connectivity index (χ2n) is 4.00. The van der Waals surface area contributed by atoms with E-state index in [9.17, 15) is 18.0 Å². The molecule has 2 heterocycles. The standard InChI is InChI=1S/C9H12N4O5S/c1-5-7(14)10-2-3-13(5)19(17,18)8-6(9(15)16)4-11-12-8/h4-5H,2-3H2,1H3,(H,10,14)(H,11,12)(H,15,16). The number of H-pyrrole nitrogens is 1. The topological polar surface area (TPSA) is 132 Å². The molecule has 104 valence electrons. The fraction of sp³-hybridized carbons (Fsp3) is 0.444. The van der Waals surface area contributed by atoms with Gasteiger partial charge >= 0.3 is 5.97 Å². The summed E-state index contributed by atoms with van der Waals surface area (Å²) in [5, 5.41) is 16.5. The van der Waals surface area contributed by atoms with E-state index in [-0.39, 0.29) is 13.1 Å². The van der Waals surface area contributed by atoms with Gasteiger partial charge in [0, 0.05) is 13.1 Å². The quantitative estimate of drug-likeness (QED) is 0.627. The average molecular weight is 288 g/mol. The average Bonchev–Trinajstić information content (AvgIpc) is 2.82. The Hall–Kier alpha value is -1.94. The lowest BCUT2D eigenvalue weighted by Gasteiger charge is -2.31. The van der Waals surface area contributed by atoms with E-state index in [0.717, 1.165) is 10.5 Å². The molecule has 2 rings (SSSR count). The summed E-state index contributed by atoms with van der Waals surface area (Å²) in [4.78, 5) is 22.4. The zero-order valence-electron chi connectivity index (χ0n) is 9.95. The van der Waals surface area contributed by atoms with Gasteiger partial charge in [0.25, 0.3) is 10.0 Å². The molecule has 1 saturated heterocycles. The number of carboxylic acid groups (broad SMARTS) is 1. The molecule has 1 aliphatic rings. The first-order valence-corrected chi connectivity index (χ1v) is 6.86. The summed E-state index contributed by atoms with van der Waals surface area (Å²) in [5.41, 5.74) is -0.446. The van der Waals surface area contributed by atoms with E-state index >= 15 is 0 Å². The zero-order valence-corrected chi connectivity index (χ0v) is 10.8. The Kier molecular flexibility index (Phi) is 3.28. The number of sulfonamides is 1. The molecule has 1 atom stereocenters.